The molecule has 0 amide bonds. The largest absolute Gasteiger partial charge is 0.399 e. The van der Waals surface area contributed by atoms with Crippen LogP contribution in [0.15, 0.2) is 55.0 Å². The number of nitrogens with two attached hydrogens (primary N) is 1. The third-order valence-corrected chi connectivity index (χ3v) is 4.75. The van der Waals surface area contributed by atoms with Crippen molar-refractivity contribution in [2.75, 3.05) is 18.8 Å². The summed E-state index contributed by atoms with van der Waals surface area (Å²) in [5.41, 5.74) is 11.7. The van der Waals surface area contributed by atoms with Crippen molar-refractivity contribution < 1.29 is 0 Å². The molecule has 1 saturated heterocycles. The number of aryl methyl sites for hydroxylation is 1. The topological polar surface area (TPSA) is 68.8 Å². The first kappa shape index (κ1) is 16.5. The van der Waals surface area contributed by atoms with Crippen LogP contribution < -0.4 is 11.1 Å². The molecule has 0 unspecified atom stereocenters. The highest BCUT2D eigenvalue weighted by molar-refractivity contribution is 5.96. The Bertz CT molecular complexity index is 1040. The summed E-state index contributed by atoms with van der Waals surface area (Å²) in [5, 5.41) is 4.44. The highest BCUT2D eigenvalue weighted by atomic mass is 14.9. The maximum Gasteiger partial charge on any atom is 0.0966 e. The lowest BCUT2D eigenvalue weighted by atomic mass is 10.0. The Morgan fingerprint density at radius 1 is 1.00 bits per heavy atom. The third kappa shape index (κ3) is 3.26. The molecule has 1 fully saturated rings. The van der Waals surface area contributed by atoms with Crippen molar-refractivity contribution in [2.24, 2.45) is 7.05 Å². The van der Waals surface area contributed by atoms with Crippen LogP contribution in [0.2, 0.25) is 0 Å². The maximum atomic E-state index is 6.01. The Kier molecular flexibility index (Phi) is 4.54. The molecule has 0 saturated carbocycles. The van der Waals surface area contributed by atoms with Gasteiger partial charge in [0.2, 0.25) is 0 Å². The third-order valence-electron chi connectivity index (χ3n) is 4.75. The number of nitrogens with one attached hydrogen (secondary N) is 1. The number of anilines is 1. The average Bonchev–Trinajstić information content (AvgIpc) is 3.35. The zero-order valence-electron chi connectivity index (χ0n) is 14.9. The zero-order chi connectivity index (χ0) is 17.9. The molecule has 1 aliphatic heterocycles. The van der Waals surface area contributed by atoms with Gasteiger partial charge in [-0.1, -0.05) is 12.1 Å². The Hall–Kier alpha value is -2.92. The lowest BCUT2D eigenvalue weighted by Gasteiger charge is -2.08. The van der Waals surface area contributed by atoms with E-state index in [0.717, 1.165) is 22.2 Å². The molecule has 0 bridgehead atoms. The van der Waals surface area contributed by atoms with Gasteiger partial charge in [0.05, 0.1) is 11.0 Å². The van der Waals surface area contributed by atoms with Gasteiger partial charge in [-0.15, -0.1) is 0 Å². The summed E-state index contributed by atoms with van der Waals surface area (Å²) in [6.07, 6.45) is 8.24. The Balaban J connectivity index is 0.000000292. The average molecular weight is 345 g/mol. The van der Waals surface area contributed by atoms with E-state index < -0.39 is 0 Å². The number of nitrogens with zero attached hydrogens (tertiary/aromatic N) is 3. The highest BCUT2D eigenvalue weighted by Gasteiger charge is 2.09. The second-order valence-electron chi connectivity index (χ2n) is 6.65. The molecule has 5 nitrogen and oxygen atoms in total. The number of benzene rings is 2. The van der Waals surface area contributed by atoms with E-state index in [9.17, 15) is 0 Å². The second kappa shape index (κ2) is 7.14. The standard InChI is InChI=1S/C17H14N4.C4H9N/c1-21-7-4-11-2-3-12(8-16(11)21)14-9-13(18)10-15-17(14)20-6-5-19-15;1-2-4-5-3-1/h2-10H,18H2,1H3;5H,1-4H2. The van der Waals surface area contributed by atoms with Crippen LogP contribution >= 0.6 is 0 Å². The van der Waals surface area contributed by atoms with Crippen LogP contribution in [0, 0.1) is 0 Å². The normalized spacial score (nSPS) is 13.7. The zero-order valence-corrected chi connectivity index (χ0v) is 14.9. The molecule has 2 aromatic heterocycles. The Morgan fingerprint density at radius 2 is 1.81 bits per heavy atom. The van der Waals surface area contributed by atoms with Gasteiger partial charge >= 0.3 is 0 Å². The maximum absolute atomic E-state index is 6.01. The number of hydrogen-bond donors (Lipinski definition) is 2. The first-order chi connectivity index (χ1) is 12.7. The van der Waals surface area contributed by atoms with E-state index in [1.807, 2.05) is 19.2 Å². The van der Waals surface area contributed by atoms with Crippen LogP contribution in [0.5, 0.6) is 0 Å². The molecule has 26 heavy (non-hydrogen) atoms. The molecule has 132 valence electrons. The molecule has 0 spiro atoms. The van der Waals surface area contributed by atoms with Gasteiger partial charge in [-0.25, -0.2) is 0 Å². The van der Waals surface area contributed by atoms with Gasteiger partial charge in [0.25, 0.3) is 0 Å². The molecular weight excluding hydrogens is 322 g/mol. The predicted octanol–water partition coefficient (Wildman–Crippen LogP) is 3.74. The van der Waals surface area contributed by atoms with Crippen LogP contribution in [0.1, 0.15) is 12.8 Å². The molecule has 2 aromatic carbocycles. The van der Waals surface area contributed by atoms with Crippen LogP contribution in [0.4, 0.5) is 5.69 Å². The van der Waals surface area contributed by atoms with E-state index in [2.05, 4.69) is 50.3 Å². The lowest BCUT2D eigenvalue weighted by molar-refractivity contribution is 0.857. The Labute approximate surface area is 152 Å². The first-order valence-electron chi connectivity index (χ1n) is 8.99. The van der Waals surface area contributed by atoms with Crippen LogP contribution in [-0.4, -0.2) is 27.6 Å². The molecule has 5 heteroatoms. The fourth-order valence-corrected chi connectivity index (χ4v) is 3.37. The fourth-order valence-electron chi connectivity index (χ4n) is 3.37. The van der Waals surface area contributed by atoms with E-state index in [1.165, 1.54) is 36.8 Å². The van der Waals surface area contributed by atoms with E-state index in [0.29, 0.717) is 5.69 Å². The Morgan fingerprint density at radius 3 is 2.58 bits per heavy atom. The van der Waals surface area contributed by atoms with Crippen molar-refractivity contribution >= 4 is 27.6 Å². The number of rotatable bonds is 1. The minimum absolute atomic E-state index is 0.699. The van der Waals surface area contributed by atoms with Gasteiger partial charge in [-0.2, -0.15) is 0 Å². The minimum Gasteiger partial charge on any atom is -0.399 e. The van der Waals surface area contributed by atoms with Crippen LogP contribution in [-0.2, 0) is 7.05 Å². The van der Waals surface area contributed by atoms with Crippen LogP contribution in [0.3, 0.4) is 0 Å². The van der Waals surface area contributed by atoms with Gasteiger partial charge in [-0.3, -0.25) is 9.97 Å². The van der Waals surface area contributed by atoms with E-state index in [1.54, 1.807) is 12.4 Å². The smallest absolute Gasteiger partial charge is 0.0966 e. The summed E-state index contributed by atoms with van der Waals surface area (Å²) in [6, 6.07) is 12.3. The molecule has 1 aliphatic rings. The monoisotopic (exact) mass is 345 g/mol. The molecule has 0 atom stereocenters. The van der Waals surface area contributed by atoms with Crippen molar-refractivity contribution in [1.82, 2.24) is 19.9 Å². The highest BCUT2D eigenvalue weighted by Crippen LogP contribution is 2.31. The van der Waals surface area contributed by atoms with Crippen molar-refractivity contribution in [3.8, 4) is 11.1 Å². The first-order valence-corrected chi connectivity index (χ1v) is 8.99. The van der Waals surface area contributed by atoms with Gasteiger partial charge < -0.3 is 15.6 Å². The summed E-state index contributed by atoms with van der Waals surface area (Å²) in [4.78, 5) is 8.81. The molecule has 3 N–H and O–H groups in total. The van der Waals surface area contributed by atoms with Gasteiger partial charge in [-0.05, 0) is 61.1 Å². The van der Waals surface area contributed by atoms with E-state index >= 15 is 0 Å². The summed E-state index contributed by atoms with van der Waals surface area (Å²) in [7, 11) is 2.05. The van der Waals surface area contributed by atoms with Crippen molar-refractivity contribution in [3.05, 3.63) is 55.0 Å². The number of hydrogen-bond acceptors (Lipinski definition) is 4. The summed E-state index contributed by atoms with van der Waals surface area (Å²) < 4.78 is 2.11. The van der Waals surface area contributed by atoms with E-state index in [-0.39, 0.29) is 0 Å². The summed E-state index contributed by atoms with van der Waals surface area (Å²) in [5.74, 6) is 0. The fraction of sp³-hybridized carbons (Fsp3) is 0.238. The van der Waals surface area contributed by atoms with Gasteiger partial charge in [0.1, 0.15) is 0 Å². The van der Waals surface area contributed by atoms with Crippen molar-refractivity contribution in [1.29, 1.82) is 0 Å². The van der Waals surface area contributed by atoms with E-state index in [4.69, 9.17) is 5.73 Å². The molecule has 0 radical (unpaired) electrons. The number of nitrogen functional groups attached to an aromatic ring is 1. The predicted molar refractivity (Wildman–Crippen MR) is 108 cm³/mol. The molecule has 4 aromatic rings. The number of aromatic nitrogens is 3. The lowest BCUT2D eigenvalue weighted by Crippen LogP contribution is -2.03. The van der Waals surface area contributed by atoms with Gasteiger partial charge in [0, 0.05) is 42.4 Å². The van der Waals surface area contributed by atoms with Crippen molar-refractivity contribution in [3.63, 3.8) is 0 Å². The summed E-state index contributed by atoms with van der Waals surface area (Å²) in [6.45, 7) is 2.50. The SMILES string of the molecule is C1CCNC1.Cn1ccc2ccc(-c3cc(N)cc4nccnc34)cc21. The second-order valence-corrected chi connectivity index (χ2v) is 6.65. The number of fused-ring (bicyclic) bond motifs is 2. The van der Waals surface area contributed by atoms with Crippen molar-refractivity contribution in [2.45, 2.75) is 12.8 Å². The van der Waals surface area contributed by atoms with Gasteiger partial charge in [0.15, 0.2) is 0 Å². The van der Waals surface area contributed by atoms with Crippen LogP contribution in [0.25, 0.3) is 33.1 Å². The molecule has 0 aliphatic carbocycles. The minimum atomic E-state index is 0.699. The molecule has 5 rings (SSSR count). The quantitative estimate of drug-likeness (QED) is 0.516. The molecular formula is C21H23N5. The summed E-state index contributed by atoms with van der Waals surface area (Å²) >= 11 is 0. The molecule has 3 heterocycles.